The molecule has 0 spiro atoms. The fourth-order valence-corrected chi connectivity index (χ4v) is 2.71. The van der Waals surface area contributed by atoms with Crippen LogP contribution in [-0.2, 0) is 0 Å². The summed E-state index contributed by atoms with van der Waals surface area (Å²) < 4.78 is 11.5. The zero-order valence-electron chi connectivity index (χ0n) is 13.6. The van der Waals surface area contributed by atoms with Crippen LogP contribution in [0.3, 0.4) is 0 Å². The monoisotopic (exact) mass is 287 g/mol. The highest BCUT2D eigenvalue weighted by Crippen LogP contribution is 2.33. The molecule has 0 saturated heterocycles. The number of furan rings is 1. The van der Waals surface area contributed by atoms with Crippen molar-refractivity contribution < 1.29 is 9.15 Å². The zero-order chi connectivity index (χ0) is 15.4. The molecular weight excluding hydrogens is 262 g/mol. The highest BCUT2D eigenvalue weighted by Gasteiger charge is 2.22. The third-order valence-corrected chi connectivity index (χ3v) is 3.57. The summed E-state index contributed by atoms with van der Waals surface area (Å²) in [5.74, 6) is 2.84. The molecule has 114 valence electrons. The summed E-state index contributed by atoms with van der Waals surface area (Å²) in [6, 6.07) is 8.54. The van der Waals surface area contributed by atoms with Crippen molar-refractivity contribution in [2.24, 2.45) is 0 Å². The molecule has 1 N–H and O–H groups in total. The van der Waals surface area contributed by atoms with Gasteiger partial charge in [-0.15, -0.1) is 0 Å². The van der Waals surface area contributed by atoms with Crippen molar-refractivity contribution in [2.75, 3.05) is 13.2 Å². The van der Waals surface area contributed by atoms with Crippen LogP contribution in [0.1, 0.15) is 48.1 Å². The molecule has 1 heterocycles. The van der Waals surface area contributed by atoms with Crippen molar-refractivity contribution in [3.05, 3.63) is 52.5 Å². The van der Waals surface area contributed by atoms with Crippen molar-refractivity contribution >= 4 is 0 Å². The van der Waals surface area contributed by atoms with Gasteiger partial charge in [0.2, 0.25) is 0 Å². The first-order chi connectivity index (χ1) is 10.1. The molecule has 2 aromatic rings. The molecule has 0 aliphatic carbocycles. The maximum absolute atomic E-state index is 5.82. The molecule has 2 rings (SSSR count). The zero-order valence-corrected chi connectivity index (χ0v) is 13.6. The standard InChI is InChI=1S/C18H25NO2/c1-6-19-18(15-11-13(4)21-14(15)5)16-10-12(3)8-9-17(16)20-7-2/h8-11,18-19H,6-7H2,1-5H3. The molecule has 1 aromatic carbocycles. The van der Waals surface area contributed by atoms with Crippen LogP contribution in [0, 0.1) is 20.8 Å². The van der Waals surface area contributed by atoms with Gasteiger partial charge in [0.25, 0.3) is 0 Å². The van der Waals surface area contributed by atoms with E-state index in [9.17, 15) is 0 Å². The van der Waals surface area contributed by atoms with Gasteiger partial charge >= 0.3 is 0 Å². The van der Waals surface area contributed by atoms with Gasteiger partial charge in [0.15, 0.2) is 0 Å². The van der Waals surface area contributed by atoms with E-state index in [1.54, 1.807) is 0 Å². The average molecular weight is 287 g/mol. The first-order valence-electron chi connectivity index (χ1n) is 7.60. The Bertz CT molecular complexity index is 601. The maximum Gasteiger partial charge on any atom is 0.124 e. The Morgan fingerprint density at radius 2 is 1.86 bits per heavy atom. The molecular formula is C18H25NO2. The number of aryl methyl sites for hydroxylation is 3. The Labute approximate surface area is 127 Å². The van der Waals surface area contributed by atoms with Crippen LogP contribution in [0.4, 0.5) is 0 Å². The molecule has 1 atom stereocenters. The van der Waals surface area contributed by atoms with Gasteiger partial charge in [-0.2, -0.15) is 0 Å². The summed E-state index contributed by atoms with van der Waals surface area (Å²) in [6.45, 7) is 11.8. The summed E-state index contributed by atoms with van der Waals surface area (Å²) in [7, 11) is 0. The second-order valence-corrected chi connectivity index (χ2v) is 5.33. The van der Waals surface area contributed by atoms with E-state index in [1.807, 2.05) is 20.8 Å². The smallest absolute Gasteiger partial charge is 0.124 e. The largest absolute Gasteiger partial charge is 0.494 e. The third kappa shape index (κ3) is 3.48. The normalized spacial score (nSPS) is 12.4. The van der Waals surface area contributed by atoms with E-state index in [4.69, 9.17) is 9.15 Å². The van der Waals surface area contributed by atoms with E-state index in [0.29, 0.717) is 6.61 Å². The van der Waals surface area contributed by atoms with Crippen LogP contribution in [0.15, 0.2) is 28.7 Å². The fourth-order valence-electron chi connectivity index (χ4n) is 2.71. The predicted molar refractivity (Wildman–Crippen MR) is 86.0 cm³/mol. The Hall–Kier alpha value is -1.74. The van der Waals surface area contributed by atoms with Crippen LogP contribution in [0.2, 0.25) is 0 Å². The summed E-state index contributed by atoms with van der Waals surface area (Å²) in [5, 5.41) is 3.56. The van der Waals surface area contributed by atoms with Gasteiger partial charge in [-0.1, -0.05) is 24.6 Å². The van der Waals surface area contributed by atoms with Crippen LogP contribution in [-0.4, -0.2) is 13.2 Å². The molecule has 21 heavy (non-hydrogen) atoms. The van der Waals surface area contributed by atoms with Crippen molar-refractivity contribution in [1.82, 2.24) is 5.32 Å². The summed E-state index contributed by atoms with van der Waals surface area (Å²) >= 11 is 0. The molecule has 0 fully saturated rings. The highest BCUT2D eigenvalue weighted by atomic mass is 16.5. The second-order valence-electron chi connectivity index (χ2n) is 5.33. The number of hydrogen-bond acceptors (Lipinski definition) is 3. The molecule has 0 radical (unpaired) electrons. The van der Waals surface area contributed by atoms with Gasteiger partial charge in [0.05, 0.1) is 12.6 Å². The van der Waals surface area contributed by atoms with Crippen molar-refractivity contribution in [1.29, 1.82) is 0 Å². The van der Waals surface area contributed by atoms with Crippen LogP contribution >= 0.6 is 0 Å². The van der Waals surface area contributed by atoms with E-state index in [-0.39, 0.29) is 6.04 Å². The van der Waals surface area contributed by atoms with Gasteiger partial charge in [-0.3, -0.25) is 0 Å². The van der Waals surface area contributed by atoms with Crippen molar-refractivity contribution in [3.8, 4) is 5.75 Å². The lowest BCUT2D eigenvalue weighted by Crippen LogP contribution is -2.23. The predicted octanol–water partition coefficient (Wildman–Crippen LogP) is 4.30. The third-order valence-electron chi connectivity index (χ3n) is 3.57. The lowest BCUT2D eigenvalue weighted by Gasteiger charge is -2.21. The Balaban J connectivity index is 2.51. The number of benzene rings is 1. The molecule has 0 aliphatic heterocycles. The summed E-state index contributed by atoms with van der Waals surface area (Å²) in [4.78, 5) is 0. The molecule has 0 saturated carbocycles. The van der Waals surface area contributed by atoms with Crippen LogP contribution in [0.25, 0.3) is 0 Å². The number of rotatable bonds is 6. The van der Waals surface area contributed by atoms with Crippen LogP contribution in [0.5, 0.6) is 5.75 Å². The topological polar surface area (TPSA) is 34.4 Å². The summed E-state index contributed by atoms with van der Waals surface area (Å²) in [6.07, 6.45) is 0. The average Bonchev–Trinajstić information content (AvgIpc) is 2.77. The molecule has 0 amide bonds. The molecule has 3 heteroatoms. The van der Waals surface area contributed by atoms with Gasteiger partial charge in [-0.05, 0) is 46.4 Å². The number of nitrogens with one attached hydrogen (secondary N) is 1. The maximum atomic E-state index is 5.82. The Kier molecular flexibility index (Phi) is 5.07. The quantitative estimate of drug-likeness (QED) is 0.860. The lowest BCUT2D eigenvalue weighted by molar-refractivity contribution is 0.333. The molecule has 1 aromatic heterocycles. The Morgan fingerprint density at radius 1 is 1.10 bits per heavy atom. The van der Waals surface area contributed by atoms with E-state index in [0.717, 1.165) is 23.8 Å². The van der Waals surface area contributed by atoms with Gasteiger partial charge in [0.1, 0.15) is 17.3 Å². The van der Waals surface area contributed by atoms with Crippen LogP contribution < -0.4 is 10.1 Å². The SMILES string of the molecule is CCNC(c1cc(C)ccc1OCC)c1cc(C)oc1C. The highest BCUT2D eigenvalue weighted by molar-refractivity contribution is 5.45. The minimum absolute atomic E-state index is 0.0916. The van der Waals surface area contributed by atoms with Gasteiger partial charge in [-0.25, -0.2) is 0 Å². The molecule has 0 aliphatic rings. The van der Waals surface area contributed by atoms with Crippen molar-refractivity contribution in [3.63, 3.8) is 0 Å². The van der Waals surface area contributed by atoms with Gasteiger partial charge in [0, 0.05) is 11.1 Å². The van der Waals surface area contributed by atoms with E-state index in [2.05, 4.69) is 43.4 Å². The van der Waals surface area contributed by atoms with Crippen molar-refractivity contribution in [2.45, 2.75) is 40.7 Å². The number of ether oxygens (including phenoxy) is 1. The molecule has 1 unspecified atom stereocenters. The van der Waals surface area contributed by atoms with E-state index >= 15 is 0 Å². The van der Waals surface area contributed by atoms with Gasteiger partial charge < -0.3 is 14.5 Å². The molecule has 0 bridgehead atoms. The first kappa shape index (κ1) is 15.6. The first-order valence-corrected chi connectivity index (χ1v) is 7.60. The van der Waals surface area contributed by atoms with E-state index in [1.165, 1.54) is 16.7 Å². The minimum Gasteiger partial charge on any atom is -0.494 e. The lowest BCUT2D eigenvalue weighted by atomic mass is 9.96. The fraction of sp³-hybridized carbons (Fsp3) is 0.444. The minimum atomic E-state index is 0.0916. The van der Waals surface area contributed by atoms with E-state index < -0.39 is 0 Å². The Morgan fingerprint density at radius 3 is 2.43 bits per heavy atom. The second kappa shape index (κ2) is 6.81. The number of hydrogen-bond donors (Lipinski definition) is 1. The summed E-state index contributed by atoms with van der Waals surface area (Å²) in [5.41, 5.74) is 3.58. The molecule has 3 nitrogen and oxygen atoms in total.